The predicted molar refractivity (Wildman–Crippen MR) is 193 cm³/mol. The van der Waals surface area contributed by atoms with Gasteiger partial charge in [-0.3, -0.25) is 0 Å². The van der Waals surface area contributed by atoms with E-state index in [-0.39, 0.29) is 18.7 Å². The van der Waals surface area contributed by atoms with Gasteiger partial charge in [0.25, 0.3) is 0 Å². The van der Waals surface area contributed by atoms with E-state index in [2.05, 4.69) is 110 Å². The average molecular weight is 624 g/mol. The third-order valence-corrected chi connectivity index (χ3v) is 15.4. The fourth-order valence-corrected chi connectivity index (χ4v) is 13.0. The lowest BCUT2D eigenvalue weighted by molar-refractivity contribution is 0.434. The summed E-state index contributed by atoms with van der Waals surface area (Å²) in [5, 5.41) is 1.62. The van der Waals surface area contributed by atoms with Crippen molar-refractivity contribution >= 4 is 24.2 Å². The minimum Gasteiger partial charge on any atom is -0.242 e. The standard InChI is InChI=1S/C39H62NOPS/c1-27(2)30-25-34(28(3)4)37(35(26-30)29(5)6)38(40(10)43(41)39(7,8)9)33-23-17-18-24-36(33)42(31-19-13-11-14-20-31)32-21-15-12-16-22-32/h17-18,23-29,31-32,38H,11-16,19-22H2,1-10H3/t38-,43+/m0/s1. The number of rotatable bonds is 10. The van der Waals surface area contributed by atoms with Gasteiger partial charge < -0.3 is 0 Å². The van der Waals surface area contributed by atoms with Crippen LogP contribution in [0.4, 0.5) is 0 Å². The molecule has 4 rings (SSSR count). The lowest BCUT2D eigenvalue weighted by Gasteiger charge is -2.42. The summed E-state index contributed by atoms with van der Waals surface area (Å²) in [6, 6.07) is 14.5. The lowest BCUT2D eigenvalue weighted by Crippen LogP contribution is -2.40. The van der Waals surface area contributed by atoms with Crippen LogP contribution >= 0.6 is 7.92 Å². The minimum atomic E-state index is -1.16. The van der Waals surface area contributed by atoms with Crippen LogP contribution in [0.2, 0.25) is 0 Å². The highest BCUT2D eigenvalue weighted by Gasteiger charge is 2.39. The Morgan fingerprint density at radius 1 is 0.721 bits per heavy atom. The van der Waals surface area contributed by atoms with Crippen molar-refractivity contribution in [3.8, 4) is 0 Å². The van der Waals surface area contributed by atoms with Gasteiger partial charge in [-0.2, -0.15) is 0 Å². The monoisotopic (exact) mass is 623 g/mol. The molecule has 0 aliphatic heterocycles. The third kappa shape index (κ3) is 8.04. The molecule has 2 atom stereocenters. The molecule has 0 N–H and O–H groups in total. The second-order valence-corrected chi connectivity index (χ2v) is 20.5. The van der Waals surface area contributed by atoms with Gasteiger partial charge in [0.15, 0.2) is 0 Å². The van der Waals surface area contributed by atoms with E-state index in [1.54, 1.807) is 5.30 Å². The Bertz CT molecular complexity index is 1170. The van der Waals surface area contributed by atoms with Crippen molar-refractivity contribution in [3.05, 3.63) is 64.2 Å². The second-order valence-electron chi connectivity index (χ2n) is 15.4. The van der Waals surface area contributed by atoms with E-state index in [0.29, 0.717) is 17.8 Å². The molecule has 2 fully saturated rings. The minimum absolute atomic E-state index is 0.0375. The number of hydrogen-bond donors (Lipinski definition) is 0. The Labute approximate surface area is 269 Å². The van der Waals surface area contributed by atoms with Gasteiger partial charge in [-0.1, -0.05) is 124 Å². The molecule has 0 amide bonds. The average Bonchev–Trinajstić information content (AvgIpc) is 2.98. The number of hydrogen-bond acceptors (Lipinski definition) is 1. The highest BCUT2D eigenvalue weighted by Crippen LogP contribution is 2.56. The Hall–Kier alpha value is -1.02. The Morgan fingerprint density at radius 3 is 1.60 bits per heavy atom. The van der Waals surface area contributed by atoms with Crippen LogP contribution in [0, 0.1) is 0 Å². The van der Waals surface area contributed by atoms with Crippen LogP contribution in [0.15, 0.2) is 36.4 Å². The first-order chi connectivity index (χ1) is 20.3. The number of nitrogens with zero attached hydrogens (tertiary/aromatic N) is 1. The van der Waals surface area contributed by atoms with Gasteiger partial charge >= 0.3 is 0 Å². The molecule has 43 heavy (non-hydrogen) atoms. The van der Waals surface area contributed by atoms with Gasteiger partial charge in [-0.15, -0.1) is 0 Å². The quantitative estimate of drug-likeness (QED) is 0.241. The highest BCUT2D eigenvalue weighted by molar-refractivity contribution is 7.84. The molecular weight excluding hydrogens is 561 g/mol. The summed E-state index contributed by atoms with van der Waals surface area (Å²) in [6.45, 7) is 20.5. The molecule has 240 valence electrons. The SMILES string of the molecule is CC(C)c1cc(C(C)C)c([C@H](c2ccccc2P(C2CCCCC2)C2CCCCC2)N(C)[S@](=O)C(C)(C)C)c(C(C)C)c1. The van der Waals surface area contributed by atoms with Crippen molar-refractivity contribution in [2.45, 2.75) is 166 Å². The normalized spacial score (nSPS) is 19.2. The smallest absolute Gasteiger partial charge is 0.100 e. The van der Waals surface area contributed by atoms with Gasteiger partial charge in [0.2, 0.25) is 0 Å². The van der Waals surface area contributed by atoms with Crippen LogP contribution in [0.25, 0.3) is 0 Å². The molecule has 0 spiro atoms. The molecule has 2 aromatic rings. The fourth-order valence-electron chi connectivity index (χ4n) is 7.75. The van der Waals surface area contributed by atoms with Crippen molar-refractivity contribution < 1.29 is 4.21 Å². The van der Waals surface area contributed by atoms with Crippen molar-refractivity contribution in [3.63, 3.8) is 0 Å². The Balaban J connectivity index is 2.03. The maximum Gasteiger partial charge on any atom is 0.100 e. The summed E-state index contributed by atoms with van der Waals surface area (Å²) in [5.74, 6) is 1.24. The van der Waals surface area contributed by atoms with E-state index in [1.807, 2.05) is 0 Å². The molecular formula is C39H62NOPS. The molecule has 0 unspecified atom stereocenters. The van der Waals surface area contributed by atoms with Crippen molar-refractivity contribution in [2.24, 2.45) is 0 Å². The van der Waals surface area contributed by atoms with Gasteiger partial charge in [-0.25, -0.2) is 8.51 Å². The predicted octanol–water partition coefficient (Wildman–Crippen LogP) is 11.3. The molecule has 2 aliphatic rings. The molecule has 2 aromatic carbocycles. The van der Waals surface area contributed by atoms with Gasteiger partial charge in [0.1, 0.15) is 11.0 Å². The lowest BCUT2D eigenvalue weighted by atomic mass is 9.80. The van der Waals surface area contributed by atoms with Gasteiger partial charge in [-0.05, 0) is 109 Å². The summed E-state index contributed by atoms with van der Waals surface area (Å²) in [4.78, 5) is 0. The van der Waals surface area contributed by atoms with Crippen LogP contribution in [0.5, 0.6) is 0 Å². The molecule has 0 aromatic heterocycles. The summed E-state index contributed by atoms with van der Waals surface area (Å²) < 4.78 is 16.3. The van der Waals surface area contributed by atoms with E-state index in [9.17, 15) is 4.21 Å². The van der Waals surface area contributed by atoms with Gasteiger partial charge in [0, 0.05) is 7.05 Å². The van der Waals surface area contributed by atoms with Crippen molar-refractivity contribution in [1.82, 2.24) is 4.31 Å². The zero-order chi connectivity index (χ0) is 31.5. The van der Waals surface area contributed by atoms with Crippen LogP contribution in [0.3, 0.4) is 0 Å². The number of benzene rings is 2. The molecule has 0 bridgehead atoms. The maximum absolute atomic E-state index is 14.4. The summed E-state index contributed by atoms with van der Waals surface area (Å²) in [5.41, 5.74) is 8.80. The first kappa shape index (κ1) is 34.8. The summed E-state index contributed by atoms with van der Waals surface area (Å²) >= 11 is 0. The van der Waals surface area contributed by atoms with E-state index in [4.69, 9.17) is 0 Å². The summed E-state index contributed by atoms with van der Waals surface area (Å²) in [7, 11) is 0.689. The largest absolute Gasteiger partial charge is 0.242 e. The summed E-state index contributed by atoms with van der Waals surface area (Å²) in [6.07, 6.45) is 13.9. The molecule has 2 nitrogen and oxygen atoms in total. The first-order valence-electron chi connectivity index (χ1n) is 17.5. The van der Waals surface area contributed by atoms with Crippen LogP contribution in [-0.2, 0) is 11.0 Å². The fraction of sp³-hybridized carbons (Fsp3) is 0.692. The molecule has 2 saturated carbocycles. The molecule has 0 radical (unpaired) electrons. The van der Waals surface area contributed by atoms with Crippen LogP contribution in [0.1, 0.15) is 178 Å². The molecule has 2 aliphatic carbocycles. The van der Waals surface area contributed by atoms with E-state index >= 15 is 0 Å². The van der Waals surface area contributed by atoms with Crippen molar-refractivity contribution in [2.75, 3.05) is 7.05 Å². The van der Waals surface area contributed by atoms with Crippen molar-refractivity contribution in [1.29, 1.82) is 0 Å². The Kier molecular flexibility index (Phi) is 12.2. The topological polar surface area (TPSA) is 20.3 Å². The van der Waals surface area contributed by atoms with Crippen LogP contribution < -0.4 is 5.30 Å². The third-order valence-electron chi connectivity index (χ3n) is 10.0. The molecule has 4 heteroatoms. The van der Waals surface area contributed by atoms with E-state index in [1.165, 1.54) is 92.0 Å². The van der Waals surface area contributed by atoms with E-state index < -0.39 is 11.0 Å². The second kappa shape index (κ2) is 15.0. The molecule has 0 heterocycles. The van der Waals surface area contributed by atoms with Crippen LogP contribution in [-0.4, -0.2) is 31.6 Å². The highest BCUT2D eigenvalue weighted by atomic mass is 32.2. The zero-order valence-corrected chi connectivity index (χ0v) is 30.9. The van der Waals surface area contributed by atoms with Gasteiger partial charge in [0.05, 0.1) is 10.8 Å². The maximum atomic E-state index is 14.4. The Morgan fingerprint density at radius 2 is 1.19 bits per heavy atom. The molecule has 0 saturated heterocycles. The zero-order valence-electron chi connectivity index (χ0n) is 29.2. The van der Waals surface area contributed by atoms with E-state index in [0.717, 1.165) is 11.3 Å². The first-order valence-corrected chi connectivity index (χ1v) is 20.1.